The van der Waals surface area contributed by atoms with Gasteiger partial charge in [0.15, 0.2) is 0 Å². The molecule has 7 nitrogen and oxygen atoms in total. The molecular weight excluding hydrogens is 453 g/mol. The second-order valence-corrected chi connectivity index (χ2v) is 11.9. The number of sulfonamides is 1. The molecule has 1 aliphatic carbocycles. The molecule has 2 aliphatic heterocycles. The Labute approximate surface area is 199 Å². The molecule has 6 rings (SSSR count). The van der Waals surface area contributed by atoms with E-state index < -0.39 is 15.3 Å². The summed E-state index contributed by atoms with van der Waals surface area (Å²) in [6.45, 7) is 3.73. The molecule has 1 aromatic heterocycles. The summed E-state index contributed by atoms with van der Waals surface area (Å²) >= 11 is 0. The molecule has 0 N–H and O–H groups in total. The van der Waals surface area contributed by atoms with Crippen molar-refractivity contribution in [3.8, 4) is 0 Å². The van der Waals surface area contributed by atoms with Gasteiger partial charge in [0.2, 0.25) is 10.0 Å². The maximum atomic E-state index is 15.2. The Hall–Kier alpha value is -2.78. The topological polar surface area (TPSA) is 71.3 Å². The van der Waals surface area contributed by atoms with Crippen molar-refractivity contribution in [2.45, 2.75) is 43.6 Å². The van der Waals surface area contributed by atoms with Crippen molar-refractivity contribution in [2.24, 2.45) is 11.8 Å². The highest BCUT2D eigenvalue weighted by atomic mass is 32.2. The fourth-order valence-corrected chi connectivity index (χ4v) is 8.13. The van der Waals surface area contributed by atoms with Gasteiger partial charge in [-0.05, 0) is 43.0 Å². The highest BCUT2D eigenvalue weighted by Gasteiger charge is 2.57. The zero-order chi connectivity index (χ0) is 23.4. The lowest BCUT2D eigenvalue weighted by atomic mass is 10.0. The molecule has 1 saturated carbocycles. The first-order valence-electron chi connectivity index (χ1n) is 11.9. The summed E-state index contributed by atoms with van der Waals surface area (Å²) in [6.07, 6.45) is 4.88. The number of nitrogens with zero attached hydrogens (tertiary/aromatic N) is 5. The van der Waals surface area contributed by atoms with Crippen molar-refractivity contribution in [1.82, 2.24) is 19.1 Å². The Morgan fingerprint density at radius 3 is 2.38 bits per heavy atom. The summed E-state index contributed by atoms with van der Waals surface area (Å²) in [5, 5.41) is 7.23. The van der Waals surface area contributed by atoms with Gasteiger partial charge in [0.25, 0.3) is 0 Å². The van der Waals surface area contributed by atoms with E-state index in [4.69, 9.17) is 0 Å². The van der Waals surface area contributed by atoms with E-state index in [2.05, 4.69) is 19.7 Å². The molecule has 0 bridgehead atoms. The van der Waals surface area contributed by atoms with Crippen LogP contribution in [0.25, 0.3) is 0 Å². The average molecular weight is 482 g/mol. The monoisotopic (exact) mass is 481 g/mol. The second-order valence-electron chi connectivity index (χ2n) is 9.83. The van der Waals surface area contributed by atoms with Crippen LogP contribution >= 0.6 is 0 Å². The SMILES string of the molecule is CC1CCC(c2ccccc2)S(=O)(=O)N1Cc1ccc(N2CC3C(C2)C3n2cnnc2)c(F)c1. The largest absolute Gasteiger partial charge is 0.368 e. The van der Waals surface area contributed by atoms with Gasteiger partial charge >= 0.3 is 0 Å². The maximum absolute atomic E-state index is 15.2. The van der Waals surface area contributed by atoms with Gasteiger partial charge in [0.05, 0.1) is 5.69 Å². The smallest absolute Gasteiger partial charge is 0.221 e. The van der Waals surface area contributed by atoms with E-state index >= 15 is 4.39 Å². The third-order valence-electron chi connectivity index (χ3n) is 7.82. The molecule has 0 amide bonds. The van der Waals surface area contributed by atoms with Crippen molar-refractivity contribution in [3.63, 3.8) is 0 Å². The molecule has 0 spiro atoms. The van der Waals surface area contributed by atoms with Crippen molar-refractivity contribution in [1.29, 1.82) is 0 Å². The third-order valence-corrected chi connectivity index (χ3v) is 10.2. The molecule has 3 heterocycles. The molecule has 4 unspecified atom stereocenters. The number of hydrogen-bond donors (Lipinski definition) is 0. The second kappa shape index (κ2) is 8.16. The van der Waals surface area contributed by atoms with Gasteiger partial charge < -0.3 is 9.47 Å². The molecule has 34 heavy (non-hydrogen) atoms. The fraction of sp³-hybridized carbons (Fsp3) is 0.440. The van der Waals surface area contributed by atoms with Crippen LogP contribution in [0.1, 0.15) is 42.2 Å². The molecule has 3 aromatic rings. The Kier molecular flexibility index (Phi) is 5.22. The van der Waals surface area contributed by atoms with Gasteiger partial charge in [-0.2, -0.15) is 4.31 Å². The molecule has 3 aliphatic rings. The van der Waals surface area contributed by atoms with E-state index in [1.165, 1.54) is 6.07 Å². The number of hydrogen-bond acceptors (Lipinski definition) is 5. The van der Waals surface area contributed by atoms with E-state index in [1.54, 1.807) is 23.0 Å². The van der Waals surface area contributed by atoms with Crippen molar-refractivity contribution in [2.75, 3.05) is 18.0 Å². The fourth-order valence-electron chi connectivity index (χ4n) is 5.93. The molecule has 2 aromatic carbocycles. The highest BCUT2D eigenvalue weighted by Crippen LogP contribution is 2.55. The number of benzene rings is 2. The van der Waals surface area contributed by atoms with Gasteiger partial charge in [-0.1, -0.05) is 36.4 Å². The number of piperidine rings is 1. The third kappa shape index (κ3) is 3.62. The Morgan fingerprint density at radius 2 is 1.71 bits per heavy atom. The van der Waals surface area contributed by atoms with E-state index in [0.29, 0.717) is 35.5 Å². The predicted molar refractivity (Wildman–Crippen MR) is 127 cm³/mol. The minimum Gasteiger partial charge on any atom is -0.368 e. The number of fused-ring (bicyclic) bond motifs is 1. The molecule has 0 radical (unpaired) electrons. The number of aromatic nitrogens is 3. The summed E-state index contributed by atoms with van der Waals surface area (Å²) in [4.78, 5) is 2.10. The average Bonchev–Trinajstić information content (AvgIpc) is 3.19. The molecule has 4 atom stereocenters. The molecular formula is C25H28FN5O2S. The van der Waals surface area contributed by atoms with Crippen LogP contribution in [0, 0.1) is 17.7 Å². The Bertz CT molecular complexity index is 1270. The highest BCUT2D eigenvalue weighted by molar-refractivity contribution is 7.89. The van der Waals surface area contributed by atoms with E-state index in [-0.39, 0.29) is 18.4 Å². The summed E-state index contributed by atoms with van der Waals surface area (Å²) in [5.74, 6) is 0.690. The van der Waals surface area contributed by atoms with Gasteiger partial charge in [-0.25, -0.2) is 12.8 Å². The normalized spacial score (nSPS) is 30.3. The van der Waals surface area contributed by atoms with E-state index in [9.17, 15) is 8.42 Å². The molecule has 3 fully saturated rings. The van der Waals surface area contributed by atoms with Gasteiger partial charge in [0.1, 0.15) is 23.7 Å². The predicted octanol–water partition coefficient (Wildman–Crippen LogP) is 3.78. The van der Waals surface area contributed by atoms with Crippen molar-refractivity contribution >= 4 is 15.7 Å². The van der Waals surface area contributed by atoms with Crippen LogP contribution in [0.3, 0.4) is 0 Å². The van der Waals surface area contributed by atoms with E-state index in [0.717, 1.165) is 25.1 Å². The van der Waals surface area contributed by atoms with Crippen LogP contribution in [0.2, 0.25) is 0 Å². The van der Waals surface area contributed by atoms with Crippen LogP contribution in [-0.2, 0) is 16.6 Å². The van der Waals surface area contributed by atoms with Crippen LogP contribution in [-0.4, -0.2) is 46.6 Å². The molecule has 2 saturated heterocycles. The number of rotatable bonds is 5. The van der Waals surface area contributed by atoms with Gasteiger partial charge in [-0.15, -0.1) is 10.2 Å². The van der Waals surface area contributed by atoms with Crippen molar-refractivity contribution in [3.05, 3.63) is 78.1 Å². The van der Waals surface area contributed by atoms with Crippen LogP contribution in [0.15, 0.2) is 61.2 Å². The lowest BCUT2D eigenvalue weighted by Gasteiger charge is -2.37. The summed E-state index contributed by atoms with van der Waals surface area (Å²) in [6, 6.07) is 14.9. The lowest BCUT2D eigenvalue weighted by molar-refractivity contribution is 0.281. The number of halogens is 1. The minimum atomic E-state index is -3.54. The Morgan fingerprint density at radius 1 is 1.00 bits per heavy atom. The van der Waals surface area contributed by atoms with Gasteiger partial charge in [0, 0.05) is 43.6 Å². The quantitative estimate of drug-likeness (QED) is 0.555. The van der Waals surface area contributed by atoms with Crippen LogP contribution < -0.4 is 4.90 Å². The Balaban J connectivity index is 1.17. The molecule has 9 heteroatoms. The zero-order valence-electron chi connectivity index (χ0n) is 19.0. The van der Waals surface area contributed by atoms with Crippen LogP contribution in [0.4, 0.5) is 10.1 Å². The molecule has 178 valence electrons. The minimum absolute atomic E-state index is 0.118. The first-order chi connectivity index (χ1) is 16.4. The summed E-state index contributed by atoms with van der Waals surface area (Å²) in [5.41, 5.74) is 2.09. The summed E-state index contributed by atoms with van der Waals surface area (Å²) < 4.78 is 45.7. The summed E-state index contributed by atoms with van der Waals surface area (Å²) in [7, 11) is -3.54. The van der Waals surface area contributed by atoms with Gasteiger partial charge in [-0.3, -0.25) is 0 Å². The maximum Gasteiger partial charge on any atom is 0.221 e. The van der Waals surface area contributed by atoms with Crippen LogP contribution in [0.5, 0.6) is 0 Å². The first kappa shape index (κ1) is 21.7. The van der Waals surface area contributed by atoms with Crippen molar-refractivity contribution < 1.29 is 12.8 Å². The standard InChI is InChI=1S/C25H28FN5O2S/c1-17-7-10-24(19-5-3-2-4-6-19)34(32,33)31(17)12-18-8-9-23(22(26)11-18)29-13-20-21(14-29)25(20)30-15-27-28-16-30/h2-6,8-9,11,15-17,20-21,24-25H,7,10,12-14H2,1H3. The van der Waals surface area contributed by atoms with E-state index in [1.807, 2.05) is 43.3 Å². The lowest BCUT2D eigenvalue weighted by Crippen LogP contribution is -2.44. The number of anilines is 1. The first-order valence-corrected chi connectivity index (χ1v) is 13.4. The zero-order valence-corrected chi connectivity index (χ0v) is 19.9.